The number of likely N-dealkylation sites (N-methyl/N-ethyl adjacent to an activating group) is 1. The van der Waals surface area contributed by atoms with E-state index in [0.29, 0.717) is 18.0 Å². The van der Waals surface area contributed by atoms with Gasteiger partial charge in [0.15, 0.2) is 0 Å². The SMILES string of the molecule is COc1ccc(S(=O)(=O)N(CC(=O)N(C)Cc2ccc(C)cc2)c2ccccc2OC)cc1. The molecule has 0 aliphatic carbocycles. The van der Waals surface area contributed by atoms with Crippen molar-refractivity contribution in [3.05, 3.63) is 83.9 Å². The maximum Gasteiger partial charge on any atom is 0.264 e. The molecule has 0 aromatic heterocycles. The van der Waals surface area contributed by atoms with Gasteiger partial charge in [-0.3, -0.25) is 9.10 Å². The summed E-state index contributed by atoms with van der Waals surface area (Å²) in [7, 11) is 0.555. The Morgan fingerprint density at radius 2 is 1.52 bits per heavy atom. The van der Waals surface area contributed by atoms with Crippen LogP contribution in [0, 0.1) is 6.92 Å². The summed E-state index contributed by atoms with van der Waals surface area (Å²) in [5, 5.41) is 0. The third kappa shape index (κ3) is 5.64. The van der Waals surface area contributed by atoms with Gasteiger partial charge in [0.25, 0.3) is 10.0 Å². The van der Waals surface area contributed by atoms with Gasteiger partial charge in [0.1, 0.15) is 18.0 Å². The molecule has 8 heteroatoms. The summed E-state index contributed by atoms with van der Waals surface area (Å²) in [5.74, 6) is 0.536. The van der Waals surface area contributed by atoms with Gasteiger partial charge in [-0.05, 0) is 48.9 Å². The molecule has 3 aromatic carbocycles. The van der Waals surface area contributed by atoms with Crippen LogP contribution in [0.1, 0.15) is 11.1 Å². The van der Waals surface area contributed by atoms with Gasteiger partial charge in [-0.25, -0.2) is 8.42 Å². The van der Waals surface area contributed by atoms with Crippen molar-refractivity contribution in [2.45, 2.75) is 18.4 Å². The minimum absolute atomic E-state index is 0.0446. The highest BCUT2D eigenvalue weighted by Gasteiger charge is 2.30. The predicted octanol–water partition coefficient (Wildman–Crippen LogP) is 3.87. The van der Waals surface area contributed by atoms with Gasteiger partial charge in [-0.15, -0.1) is 0 Å². The molecule has 7 nitrogen and oxygen atoms in total. The molecule has 0 radical (unpaired) electrons. The van der Waals surface area contributed by atoms with Gasteiger partial charge in [-0.2, -0.15) is 0 Å². The fraction of sp³-hybridized carbons (Fsp3) is 0.240. The van der Waals surface area contributed by atoms with Crippen LogP contribution in [0.3, 0.4) is 0 Å². The van der Waals surface area contributed by atoms with Crippen molar-refractivity contribution in [2.75, 3.05) is 32.1 Å². The Morgan fingerprint density at radius 3 is 2.12 bits per heavy atom. The van der Waals surface area contributed by atoms with E-state index in [9.17, 15) is 13.2 Å². The average molecular weight is 469 g/mol. The third-order valence-corrected chi connectivity index (χ3v) is 7.02. The van der Waals surface area contributed by atoms with Gasteiger partial charge in [-0.1, -0.05) is 42.0 Å². The maximum atomic E-state index is 13.6. The second-order valence-corrected chi connectivity index (χ2v) is 9.46. The zero-order chi connectivity index (χ0) is 24.0. The summed E-state index contributed by atoms with van der Waals surface area (Å²) in [6.45, 7) is 1.98. The molecule has 3 aromatic rings. The summed E-state index contributed by atoms with van der Waals surface area (Å²) < 4.78 is 38.8. The largest absolute Gasteiger partial charge is 0.497 e. The van der Waals surface area contributed by atoms with Crippen LogP contribution in [-0.4, -0.2) is 47.0 Å². The van der Waals surface area contributed by atoms with Gasteiger partial charge >= 0.3 is 0 Å². The molecule has 174 valence electrons. The first-order chi connectivity index (χ1) is 15.8. The molecular weight excluding hydrogens is 440 g/mol. The lowest BCUT2D eigenvalue weighted by atomic mass is 10.1. The van der Waals surface area contributed by atoms with Crippen molar-refractivity contribution in [1.82, 2.24) is 4.90 Å². The van der Waals surface area contributed by atoms with Crippen molar-refractivity contribution in [1.29, 1.82) is 0 Å². The number of methoxy groups -OCH3 is 2. The van der Waals surface area contributed by atoms with Crippen LogP contribution in [-0.2, 0) is 21.4 Å². The maximum absolute atomic E-state index is 13.6. The van der Waals surface area contributed by atoms with Crippen LogP contribution in [0.25, 0.3) is 0 Å². The topological polar surface area (TPSA) is 76.2 Å². The fourth-order valence-electron chi connectivity index (χ4n) is 3.31. The monoisotopic (exact) mass is 468 g/mol. The Morgan fingerprint density at radius 1 is 0.879 bits per heavy atom. The van der Waals surface area contributed by atoms with E-state index in [1.165, 1.54) is 31.3 Å². The van der Waals surface area contributed by atoms with E-state index in [2.05, 4.69) is 0 Å². The van der Waals surface area contributed by atoms with E-state index in [4.69, 9.17) is 9.47 Å². The van der Waals surface area contributed by atoms with E-state index in [1.807, 2.05) is 31.2 Å². The van der Waals surface area contributed by atoms with E-state index < -0.39 is 10.0 Å². The molecule has 33 heavy (non-hydrogen) atoms. The Kier molecular flexibility index (Phi) is 7.60. The molecule has 0 saturated carbocycles. The van der Waals surface area contributed by atoms with Gasteiger partial charge in [0.2, 0.25) is 5.91 Å². The molecule has 0 atom stereocenters. The van der Waals surface area contributed by atoms with Crippen LogP contribution in [0.5, 0.6) is 11.5 Å². The molecular formula is C25H28N2O5S. The molecule has 1 amide bonds. The first-order valence-corrected chi connectivity index (χ1v) is 11.8. The lowest BCUT2D eigenvalue weighted by Gasteiger charge is -2.28. The summed E-state index contributed by atoms with van der Waals surface area (Å²) in [6, 6.07) is 20.6. The number of ether oxygens (including phenoxy) is 2. The Bertz CT molecular complexity index is 1190. The first kappa shape index (κ1) is 24.1. The highest BCUT2D eigenvalue weighted by atomic mass is 32.2. The van der Waals surface area contributed by atoms with Crippen molar-refractivity contribution < 1.29 is 22.7 Å². The number of nitrogens with zero attached hydrogens (tertiary/aromatic N) is 2. The molecule has 0 aliphatic rings. The van der Waals surface area contributed by atoms with E-state index >= 15 is 0 Å². The molecule has 3 rings (SSSR count). The highest BCUT2D eigenvalue weighted by molar-refractivity contribution is 7.92. The Balaban J connectivity index is 1.94. The number of anilines is 1. The Hall–Kier alpha value is -3.52. The molecule has 0 unspecified atom stereocenters. The number of amides is 1. The number of carbonyl (C=O) groups excluding carboxylic acids is 1. The fourth-order valence-corrected chi connectivity index (χ4v) is 4.73. The Labute approximate surface area is 195 Å². The van der Waals surface area contributed by atoms with Gasteiger partial charge < -0.3 is 14.4 Å². The number of hydrogen-bond donors (Lipinski definition) is 0. The van der Waals surface area contributed by atoms with Crippen molar-refractivity contribution in [3.63, 3.8) is 0 Å². The summed E-state index contributed by atoms with van der Waals surface area (Å²) >= 11 is 0. The van der Waals surface area contributed by atoms with E-state index in [1.54, 1.807) is 43.4 Å². The number of hydrogen-bond acceptors (Lipinski definition) is 5. The average Bonchev–Trinajstić information content (AvgIpc) is 2.83. The van der Waals surface area contributed by atoms with Crippen LogP contribution in [0.15, 0.2) is 77.7 Å². The van der Waals surface area contributed by atoms with E-state index in [-0.39, 0.29) is 23.0 Å². The van der Waals surface area contributed by atoms with Crippen LogP contribution >= 0.6 is 0 Å². The second kappa shape index (κ2) is 10.4. The number of rotatable bonds is 9. The van der Waals surface area contributed by atoms with E-state index in [0.717, 1.165) is 15.4 Å². The normalized spacial score (nSPS) is 11.0. The predicted molar refractivity (Wildman–Crippen MR) is 128 cm³/mol. The van der Waals surface area contributed by atoms with Gasteiger partial charge in [0, 0.05) is 13.6 Å². The van der Waals surface area contributed by atoms with Crippen LogP contribution < -0.4 is 13.8 Å². The lowest BCUT2D eigenvalue weighted by molar-refractivity contribution is -0.128. The lowest BCUT2D eigenvalue weighted by Crippen LogP contribution is -2.41. The smallest absolute Gasteiger partial charge is 0.264 e. The number of aryl methyl sites for hydroxylation is 1. The third-order valence-electron chi connectivity index (χ3n) is 5.25. The standard InChI is InChI=1S/C25H28N2O5S/c1-19-9-11-20(12-10-19)17-26(2)25(28)18-27(23-7-5-6-8-24(23)32-4)33(29,30)22-15-13-21(31-3)14-16-22/h5-16H,17-18H2,1-4H3. The molecule has 0 fully saturated rings. The highest BCUT2D eigenvalue weighted by Crippen LogP contribution is 2.32. The number of carbonyl (C=O) groups is 1. The number of sulfonamides is 1. The zero-order valence-corrected chi connectivity index (χ0v) is 20.0. The van der Waals surface area contributed by atoms with Crippen LogP contribution in [0.2, 0.25) is 0 Å². The van der Waals surface area contributed by atoms with Crippen molar-refractivity contribution >= 4 is 21.6 Å². The number of benzene rings is 3. The first-order valence-electron chi connectivity index (χ1n) is 10.4. The van der Waals surface area contributed by atoms with Crippen LogP contribution in [0.4, 0.5) is 5.69 Å². The molecule has 0 saturated heterocycles. The summed E-state index contributed by atoms with van der Waals surface area (Å²) in [4.78, 5) is 14.7. The summed E-state index contributed by atoms with van der Waals surface area (Å²) in [6.07, 6.45) is 0. The number of para-hydroxylation sites is 2. The molecule has 0 aliphatic heterocycles. The van der Waals surface area contributed by atoms with Gasteiger partial charge in [0.05, 0.1) is 24.8 Å². The zero-order valence-electron chi connectivity index (χ0n) is 19.2. The summed E-state index contributed by atoms with van der Waals surface area (Å²) in [5.41, 5.74) is 2.37. The quantitative estimate of drug-likeness (QED) is 0.477. The molecule has 0 N–H and O–H groups in total. The minimum Gasteiger partial charge on any atom is -0.497 e. The minimum atomic E-state index is -4.07. The van der Waals surface area contributed by atoms with Crippen molar-refractivity contribution in [2.24, 2.45) is 0 Å². The second-order valence-electron chi connectivity index (χ2n) is 7.59. The molecule has 0 spiro atoms. The molecule has 0 heterocycles. The molecule has 0 bridgehead atoms. The van der Waals surface area contributed by atoms with Crippen molar-refractivity contribution in [3.8, 4) is 11.5 Å².